The van der Waals surface area contributed by atoms with Crippen molar-refractivity contribution in [1.82, 2.24) is 15.5 Å². The number of nitrogens with zero attached hydrogens (tertiary/aromatic N) is 1. The first-order valence-corrected chi connectivity index (χ1v) is 10.4. The molecule has 1 aliphatic heterocycles. The van der Waals surface area contributed by atoms with Crippen molar-refractivity contribution >= 4 is 17.7 Å². The minimum Gasteiger partial charge on any atom is -0.355 e. The summed E-state index contributed by atoms with van der Waals surface area (Å²) in [7, 11) is 0. The van der Waals surface area contributed by atoms with Crippen molar-refractivity contribution in [1.29, 1.82) is 0 Å². The summed E-state index contributed by atoms with van der Waals surface area (Å²) in [6.45, 7) is 5.59. The number of fused-ring (bicyclic) bond motifs is 1. The van der Waals surface area contributed by atoms with Crippen molar-refractivity contribution in [2.24, 2.45) is 0 Å². The predicted octanol–water partition coefficient (Wildman–Crippen LogP) is 2.51. The van der Waals surface area contributed by atoms with Gasteiger partial charge in [-0.05, 0) is 49.9 Å². The number of nitrogens with one attached hydrogen (secondary N) is 2. The Morgan fingerprint density at radius 3 is 2.40 bits per heavy atom. The SMILES string of the molecule is Cc1cc(C)cc(C(=O)NCC(=O)NCCCC(=O)N2CCc3ccccc3C2)c1. The van der Waals surface area contributed by atoms with Gasteiger partial charge < -0.3 is 15.5 Å². The lowest BCUT2D eigenvalue weighted by Gasteiger charge is -2.29. The monoisotopic (exact) mass is 407 g/mol. The van der Waals surface area contributed by atoms with Crippen LogP contribution < -0.4 is 10.6 Å². The molecule has 3 amide bonds. The highest BCUT2D eigenvalue weighted by molar-refractivity contribution is 5.96. The third-order valence-electron chi connectivity index (χ3n) is 5.27. The second kappa shape index (κ2) is 10.1. The molecule has 0 unspecified atom stereocenters. The Hall–Kier alpha value is -3.15. The average Bonchev–Trinajstić information content (AvgIpc) is 2.73. The Morgan fingerprint density at radius 1 is 0.967 bits per heavy atom. The summed E-state index contributed by atoms with van der Waals surface area (Å²) < 4.78 is 0. The van der Waals surface area contributed by atoms with Gasteiger partial charge in [0, 0.05) is 31.6 Å². The summed E-state index contributed by atoms with van der Waals surface area (Å²) in [5, 5.41) is 5.40. The summed E-state index contributed by atoms with van der Waals surface area (Å²) in [6, 6.07) is 13.8. The molecule has 0 saturated heterocycles. The van der Waals surface area contributed by atoms with Gasteiger partial charge in [-0.25, -0.2) is 0 Å². The molecule has 2 aromatic carbocycles. The molecule has 0 saturated carbocycles. The summed E-state index contributed by atoms with van der Waals surface area (Å²) in [5.41, 5.74) is 5.09. The third kappa shape index (κ3) is 5.92. The van der Waals surface area contributed by atoms with Crippen LogP contribution in [0.25, 0.3) is 0 Å². The second-order valence-corrected chi connectivity index (χ2v) is 7.85. The van der Waals surface area contributed by atoms with Crippen LogP contribution in [0.5, 0.6) is 0 Å². The number of carbonyl (C=O) groups excluding carboxylic acids is 3. The molecule has 3 rings (SSSR count). The molecule has 0 atom stereocenters. The summed E-state index contributed by atoms with van der Waals surface area (Å²) in [6.07, 6.45) is 1.87. The number of hydrogen-bond acceptors (Lipinski definition) is 3. The molecule has 1 heterocycles. The topological polar surface area (TPSA) is 78.5 Å². The maximum Gasteiger partial charge on any atom is 0.251 e. The quantitative estimate of drug-likeness (QED) is 0.693. The van der Waals surface area contributed by atoms with Crippen LogP contribution in [0.2, 0.25) is 0 Å². The Balaban J connectivity index is 1.34. The first kappa shape index (κ1) is 21.6. The average molecular weight is 408 g/mol. The van der Waals surface area contributed by atoms with E-state index in [0.717, 1.165) is 24.1 Å². The van der Waals surface area contributed by atoms with Gasteiger partial charge in [0.1, 0.15) is 0 Å². The molecule has 0 radical (unpaired) electrons. The van der Waals surface area contributed by atoms with Gasteiger partial charge in [0.05, 0.1) is 6.54 Å². The zero-order valence-corrected chi connectivity index (χ0v) is 17.7. The van der Waals surface area contributed by atoms with Crippen LogP contribution in [-0.4, -0.2) is 42.3 Å². The van der Waals surface area contributed by atoms with E-state index in [-0.39, 0.29) is 24.3 Å². The minimum atomic E-state index is -0.266. The van der Waals surface area contributed by atoms with E-state index in [4.69, 9.17) is 0 Å². The Kier molecular flexibility index (Phi) is 7.22. The Morgan fingerprint density at radius 2 is 1.67 bits per heavy atom. The van der Waals surface area contributed by atoms with Crippen LogP contribution in [0.3, 0.4) is 0 Å². The standard InChI is InChI=1S/C24H29N3O3/c1-17-12-18(2)14-21(13-17)24(30)26-15-22(28)25-10-5-8-23(29)27-11-9-19-6-3-4-7-20(19)16-27/h3-4,6-7,12-14H,5,8-11,15-16H2,1-2H3,(H,25,28)(H,26,30). The molecule has 0 spiro atoms. The Bertz CT molecular complexity index is 919. The van der Waals surface area contributed by atoms with Crippen LogP contribution in [0.15, 0.2) is 42.5 Å². The van der Waals surface area contributed by atoms with Gasteiger partial charge in [0.15, 0.2) is 0 Å². The van der Waals surface area contributed by atoms with Crippen molar-refractivity contribution in [3.8, 4) is 0 Å². The number of amides is 3. The van der Waals surface area contributed by atoms with E-state index in [0.29, 0.717) is 31.5 Å². The highest BCUT2D eigenvalue weighted by Crippen LogP contribution is 2.19. The van der Waals surface area contributed by atoms with Crippen molar-refractivity contribution in [3.05, 3.63) is 70.3 Å². The largest absolute Gasteiger partial charge is 0.355 e. The molecule has 1 aliphatic rings. The molecular formula is C24H29N3O3. The zero-order valence-electron chi connectivity index (χ0n) is 17.7. The van der Waals surface area contributed by atoms with E-state index in [1.807, 2.05) is 36.9 Å². The fraction of sp³-hybridized carbons (Fsp3) is 0.375. The van der Waals surface area contributed by atoms with Gasteiger partial charge in [-0.1, -0.05) is 41.5 Å². The maximum atomic E-state index is 12.4. The number of carbonyl (C=O) groups is 3. The fourth-order valence-corrected chi connectivity index (χ4v) is 3.77. The molecule has 6 heteroatoms. The van der Waals surface area contributed by atoms with Crippen molar-refractivity contribution in [3.63, 3.8) is 0 Å². The molecule has 158 valence electrons. The first-order valence-electron chi connectivity index (χ1n) is 10.4. The van der Waals surface area contributed by atoms with E-state index in [9.17, 15) is 14.4 Å². The van der Waals surface area contributed by atoms with Gasteiger partial charge >= 0.3 is 0 Å². The van der Waals surface area contributed by atoms with E-state index >= 15 is 0 Å². The molecule has 0 aliphatic carbocycles. The van der Waals surface area contributed by atoms with E-state index < -0.39 is 0 Å². The fourth-order valence-electron chi connectivity index (χ4n) is 3.77. The smallest absolute Gasteiger partial charge is 0.251 e. The second-order valence-electron chi connectivity index (χ2n) is 7.85. The number of aryl methyl sites for hydroxylation is 2. The summed E-state index contributed by atoms with van der Waals surface area (Å²) in [4.78, 5) is 38.5. The highest BCUT2D eigenvalue weighted by Gasteiger charge is 2.19. The van der Waals surface area contributed by atoms with Gasteiger partial charge in [-0.15, -0.1) is 0 Å². The van der Waals surface area contributed by atoms with Crippen molar-refractivity contribution in [2.75, 3.05) is 19.6 Å². The van der Waals surface area contributed by atoms with Crippen molar-refractivity contribution < 1.29 is 14.4 Å². The van der Waals surface area contributed by atoms with E-state index in [1.54, 1.807) is 12.1 Å². The Labute approximate surface area is 177 Å². The lowest BCUT2D eigenvalue weighted by molar-refractivity contribution is -0.132. The molecule has 0 fully saturated rings. The normalized spacial score (nSPS) is 12.8. The third-order valence-corrected chi connectivity index (χ3v) is 5.27. The highest BCUT2D eigenvalue weighted by atomic mass is 16.2. The number of hydrogen-bond donors (Lipinski definition) is 2. The lowest BCUT2D eigenvalue weighted by Crippen LogP contribution is -2.38. The van der Waals surface area contributed by atoms with Crippen LogP contribution >= 0.6 is 0 Å². The molecule has 0 aromatic heterocycles. The zero-order chi connectivity index (χ0) is 21.5. The summed E-state index contributed by atoms with van der Waals surface area (Å²) >= 11 is 0. The van der Waals surface area contributed by atoms with Crippen LogP contribution in [0, 0.1) is 13.8 Å². The molecule has 2 aromatic rings. The van der Waals surface area contributed by atoms with Crippen LogP contribution in [0.1, 0.15) is 45.5 Å². The van der Waals surface area contributed by atoms with Crippen molar-refractivity contribution in [2.45, 2.75) is 39.7 Å². The van der Waals surface area contributed by atoms with Crippen LogP contribution in [-0.2, 0) is 22.6 Å². The molecule has 2 N–H and O–H groups in total. The number of rotatable bonds is 7. The van der Waals surface area contributed by atoms with Gasteiger partial charge in [0.25, 0.3) is 5.91 Å². The van der Waals surface area contributed by atoms with E-state index in [1.165, 1.54) is 11.1 Å². The van der Waals surface area contributed by atoms with Gasteiger partial charge in [-0.3, -0.25) is 14.4 Å². The van der Waals surface area contributed by atoms with Crippen LogP contribution in [0.4, 0.5) is 0 Å². The number of benzene rings is 2. The maximum absolute atomic E-state index is 12.4. The van der Waals surface area contributed by atoms with Gasteiger partial charge in [-0.2, -0.15) is 0 Å². The van der Waals surface area contributed by atoms with E-state index in [2.05, 4.69) is 22.8 Å². The molecule has 0 bridgehead atoms. The molecule has 30 heavy (non-hydrogen) atoms. The summed E-state index contributed by atoms with van der Waals surface area (Å²) in [5.74, 6) is -0.411. The lowest BCUT2D eigenvalue weighted by atomic mass is 9.99. The predicted molar refractivity (Wildman–Crippen MR) is 116 cm³/mol. The first-order chi connectivity index (χ1) is 14.4. The minimum absolute atomic E-state index is 0.0807. The van der Waals surface area contributed by atoms with Gasteiger partial charge in [0.2, 0.25) is 11.8 Å². The molecule has 6 nitrogen and oxygen atoms in total. The molecular weight excluding hydrogens is 378 g/mol.